The van der Waals surface area contributed by atoms with E-state index in [4.69, 9.17) is 10.8 Å². The maximum absolute atomic E-state index is 10.6. The summed E-state index contributed by atoms with van der Waals surface area (Å²) in [5.41, 5.74) is 7.48. The van der Waals surface area contributed by atoms with Crippen LogP contribution in [0.3, 0.4) is 0 Å². The van der Waals surface area contributed by atoms with Crippen LogP contribution in [0.2, 0.25) is 0 Å². The average molecular weight is 166 g/mol. The topological polar surface area (TPSA) is 76.2 Å². The normalized spacial score (nSPS) is 9.83. The van der Waals surface area contributed by atoms with Gasteiger partial charge in [0.2, 0.25) is 0 Å². The van der Waals surface area contributed by atoms with E-state index in [1.165, 1.54) is 6.20 Å². The van der Waals surface area contributed by atoms with Gasteiger partial charge in [0, 0.05) is 17.4 Å². The molecule has 4 nitrogen and oxygen atoms in total. The van der Waals surface area contributed by atoms with Crippen LogP contribution in [0.5, 0.6) is 0 Å². The second-order valence-corrected chi connectivity index (χ2v) is 2.63. The van der Waals surface area contributed by atoms with Crippen molar-refractivity contribution in [1.29, 1.82) is 0 Å². The highest BCUT2D eigenvalue weighted by molar-refractivity contribution is 5.88. The largest absolute Gasteiger partial charge is 0.477 e. The minimum absolute atomic E-state index is 0.0260. The zero-order valence-electron chi connectivity index (χ0n) is 6.96. The number of nitrogens with two attached hydrogens (primary N) is 1. The molecule has 0 aromatic carbocycles. The molecular weight excluding hydrogens is 156 g/mol. The van der Waals surface area contributed by atoms with Gasteiger partial charge in [-0.3, -0.25) is 0 Å². The predicted molar refractivity (Wildman–Crippen MR) is 45.1 cm³/mol. The van der Waals surface area contributed by atoms with Gasteiger partial charge >= 0.3 is 5.97 Å². The van der Waals surface area contributed by atoms with Crippen molar-refractivity contribution in [2.45, 2.75) is 13.8 Å². The minimum Gasteiger partial charge on any atom is -0.477 e. The first kappa shape index (κ1) is 8.52. The number of anilines is 1. The van der Waals surface area contributed by atoms with E-state index >= 15 is 0 Å². The predicted octanol–water partition coefficient (Wildman–Crippen LogP) is 0.979. The number of aromatic carboxylic acids is 1. The van der Waals surface area contributed by atoms with E-state index in [-0.39, 0.29) is 5.69 Å². The van der Waals surface area contributed by atoms with Crippen LogP contribution in [0.25, 0.3) is 0 Å². The van der Waals surface area contributed by atoms with Crippen LogP contribution >= 0.6 is 0 Å². The lowest BCUT2D eigenvalue weighted by Gasteiger charge is -2.05. The first-order valence-electron chi connectivity index (χ1n) is 3.49. The second-order valence-electron chi connectivity index (χ2n) is 2.63. The first-order chi connectivity index (χ1) is 5.54. The molecule has 0 bridgehead atoms. The lowest BCUT2D eigenvalue weighted by molar-refractivity contribution is 0.0689. The van der Waals surface area contributed by atoms with Gasteiger partial charge in [0.25, 0.3) is 0 Å². The molecule has 0 fully saturated rings. The number of pyridine rings is 1. The quantitative estimate of drug-likeness (QED) is 0.652. The van der Waals surface area contributed by atoms with Crippen LogP contribution in [0, 0.1) is 13.8 Å². The van der Waals surface area contributed by atoms with Crippen LogP contribution in [0.15, 0.2) is 6.20 Å². The second kappa shape index (κ2) is 2.81. The number of hydrogen-bond donors (Lipinski definition) is 2. The molecule has 1 aromatic rings. The molecule has 0 unspecified atom stereocenters. The molecule has 1 rings (SSSR count). The third kappa shape index (κ3) is 1.23. The molecule has 12 heavy (non-hydrogen) atoms. The lowest BCUT2D eigenvalue weighted by atomic mass is 10.1. The molecule has 1 heterocycles. The molecule has 1 aromatic heterocycles. The van der Waals surface area contributed by atoms with Gasteiger partial charge in [0.1, 0.15) is 0 Å². The Bertz CT molecular complexity index is 334. The molecule has 3 N–H and O–H groups in total. The number of aromatic nitrogens is 1. The molecule has 0 atom stereocenters. The summed E-state index contributed by atoms with van der Waals surface area (Å²) in [7, 11) is 0. The van der Waals surface area contributed by atoms with Crippen molar-refractivity contribution in [3.63, 3.8) is 0 Å². The molecule has 0 saturated carbocycles. The number of nitrogens with zero attached hydrogens (tertiary/aromatic N) is 1. The maximum atomic E-state index is 10.6. The zero-order chi connectivity index (χ0) is 9.30. The number of nitrogen functional groups attached to an aromatic ring is 1. The Kier molecular flexibility index (Phi) is 1.99. The van der Waals surface area contributed by atoms with Crippen molar-refractivity contribution in [1.82, 2.24) is 4.98 Å². The molecule has 0 amide bonds. The fraction of sp³-hybridized carbons (Fsp3) is 0.250. The van der Waals surface area contributed by atoms with Crippen LogP contribution in [-0.2, 0) is 0 Å². The van der Waals surface area contributed by atoms with Gasteiger partial charge in [-0.2, -0.15) is 0 Å². The molecule has 0 aliphatic carbocycles. The zero-order valence-corrected chi connectivity index (χ0v) is 6.96. The summed E-state index contributed by atoms with van der Waals surface area (Å²) >= 11 is 0. The molecule has 4 heteroatoms. The molecule has 64 valence electrons. The Balaban J connectivity index is 3.36. The molecule has 0 radical (unpaired) electrons. The number of carboxylic acid groups (broad SMARTS) is 1. The lowest BCUT2D eigenvalue weighted by Crippen LogP contribution is -2.07. The smallest absolute Gasteiger partial charge is 0.354 e. The number of carboxylic acids is 1. The van der Waals surface area contributed by atoms with Crippen LogP contribution in [0.1, 0.15) is 21.6 Å². The van der Waals surface area contributed by atoms with E-state index in [0.29, 0.717) is 11.3 Å². The Morgan fingerprint density at radius 2 is 2.17 bits per heavy atom. The summed E-state index contributed by atoms with van der Waals surface area (Å²) in [5, 5.41) is 8.66. The Labute approximate surface area is 70.0 Å². The summed E-state index contributed by atoms with van der Waals surface area (Å²) in [4.78, 5) is 14.3. The van der Waals surface area contributed by atoms with E-state index in [9.17, 15) is 4.79 Å². The van der Waals surface area contributed by atoms with E-state index in [1.54, 1.807) is 13.8 Å². The third-order valence-corrected chi connectivity index (χ3v) is 1.77. The number of hydrogen-bond acceptors (Lipinski definition) is 3. The standard InChI is InChI=1S/C8H10N2O2/c1-4-3-10-7(8(11)12)5(2)6(4)9/h3H,1-2H3,(H2,9,10)(H,11,12). The van der Waals surface area contributed by atoms with Crippen molar-refractivity contribution >= 4 is 11.7 Å². The number of rotatable bonds is 1. The van der Waals surface area contributed by atoms with E-state index < -0.39 is 5.97 Å². The van der Waals surface area contributed by atoms with E-state index in [0.717, 1.165) is 5.56 Å². The summed E-state index contributed by atoms with van der Waals surface area (Å²) in [6.07, 6.45) is 1.46. The minimum atomic E-state index is -1.04. The first-order valence-corrected chi connectivity index (χ1v) is 3.49. The average Bonchev–Trinajstić information content (AvgIpc) is 2.00. The maximum Gasteiger partial charge on any atom is 0.354 e. The summed E-state index contributed by atoms with van der Waals surface area (Å²) in [5.74, 6) is -1.04. The van der Waals surface area contributed by atoms with Gasteiger partial charge < -0.3 is 10.8 Å². The Morgan fingerprint density at radius 1 is 1.58 bits per heavy atom. The van der Waals surface area contributed by atoms with Gasteiger partial charge in [-0.05, 0) is 19.4 Å². The van der Waals surface area contributed by atoms with Crippen LogP contribution in [-0.4, -0.2) is 16.1 Å². The van der Waals surface area contributed by atoms with Gasteiger partial charge in [-0.1, -0.05) is 0 Å². The molecule has 0 aliphatic heterocycles. The SMILES string of the molecule is Cc1cnc(C(=O)O)c(C)c1N. The van der Waals surface area contributed by atoms with Gasteiger partial charge in [0.05, 0.1) is 0 Å². The monoisotopic (exact) mass is 166 g/mol. The fourth-order valence-electron chi connectivity index (χ4n) is 0.967. The van der Waals surface area contributed by atoms with Gasteiger partial charge in [-0.15, -0.1) is 0 Å². The number of aryl methyl sites for hydroxylation is 1. The van der Waals surface area contributed by atoms with Crippen molar-refractivity contribution in [2.75, 3.05) is 5.73 Å². The fourth-order valence-corrected chi connectivity index (χ4v) is 0.967. The van der Waals surface area contributed by atoms with Gasteiger partial charge in [0.15, 0.2) is 5.69 Å². The van der Waals surface area contributed by atoms with Crippen molar-refractivity contribution < 1.29 is 9.90 Å². The Morgan fingerprint density at radius 3 is 2.67 bits per heavy atom. The van der Waals surface area contributed by atoms with E-state index in [1.807, 2.05) is 0 Å². The van der Waals surface area contributed by atoms with Crippen molar-refractivity contribution in [2.24, 2.45) is 0 Å². The molecular formula is C8H10N2O2. The highest BCUT2D eigenvalue weighted by Gasteiger charge is 2.11. The molecule has 0 saturated heterocycles. The summed E-state index contributed by atoms with van der Waals surface area (Å²) in [6.45, 7) is 3.44. The van der Waals surface area contributed by atoms with E-state index in [2.05, 4.69) is 4.98 Å². The van der Waals surface area contributed by atoms with Crippen LogP contribution in [0.4, 0.5) is 5.69 Å². The van der Waals surface area contributed by atoms with Crippen molar-refractivity contribution in [3.05, 3.63) is 23.0 Å². The van der Waals surface area contributed by atoms with Crippen LogP contribution < -0.4 is 5.73 Å². The highest BCUT2D eigenvalue weighted by atomic mass is 16.4. The Hall–Kier alpha value is -1.58. The molecule has 0 aliphatic rings. The summed E-state index contributed by atoms with van der Waals surface area (Å²) in [6, 6.07) is 0. The molecule has 0 spiro atoms. The van der Waals surface area contributed by atoms with Gasteiger partial charge in [-0.25, -0.2) is 9.78 Å². The van der Waals surface area contributed by atoms with Crippen molar-refractivity contribution in [3.8, 4) is 0 Å². The third-order valence-electron chi connectivity index (χ3n) is 1.77. The number of carbonyl (C=O) groups is 1. The summed E-state index contributed by atoms with van der Waals surface area (Å²) < 4.78 is 0. The highest BCUT2D eigenvalue weighted by Crippen LogP contribution is 2.17.